The van der Waals surface area contributed by atoms with Crippen molar-refractivity contribution in [1.29, 1.82) is 0 Å². The van der Waals surface area contributed by atoms with Crippen LogP contribution in [0, 0.1) is 27.6 Å². The molecule has 5 N–H and O–H groups in total. The predicted octanol–water partition coefficient (Wildman–Crippen LogP) is 6.28. The number of ether oxygens (including phenoxy) is 1. The molecular weight excluding hydrogens is 554 g/mol. The van der Waals surface area contributed by atoms with E-state index in [-0.39, 0.29) is 16.7 Å². The highest BCUT2D eigenvalue weighted by atomic mass is 16.6. The van der Waals surface area contributed by atoms with Gasteiger partial charge >= 0.3 is 0 Å². The van der Waals surface area contributed by atoms with Crippen LogP contribution < -0.4 is 5.32 Å². The number of rotatable bonds is 7. The van der Waals surface area contributed by atoms with Crippen LogP contribution in [0.1, 0.15) is 161 Å². The minimum absolute atomic E-state index is 0.0139. The molecule has 7 heteroatoms. The van der Waals surface area contributed by atoms with Gasteiger partial charge in [-0.3, -0.25) is 4.79 Å². The van der Waals surface area contributed by atoms with E-state index in [4.69, 9.17) is 4.74 Å². The third-order valence-corrected chi connectivity index (χ3v) is 14.7. The van der Waals surface area contributed by atoms with Gasteiger partial charge < -0.3 is 30.5 Å². The van der Waals surface area contributed by atoms with E-state index in [1.54, 1.807) is 0 Å². The van der Waals surface area contributed by atoms with Crippen molar-refractivity contribution in [2.45, 2.75) is 191 Å². The zero-order valence-corrected chi connectivity index (χ0v) is 27.5. The van der Waals surface area contributed by atoms with Crippen molar-refractivity contribution in [1.82, 2.24) is 5.32 Å². The quantitative estimate of drug-likeness (QED) is 0.229. The molecule has 0 radical (unpaired) electrons. The number of carbonyl (C=O) groups excluding carboxylic acids is 1. The lowest BCUT2D eigenvalue weighted by Gasteiger charge is -2.72. The second kappa shape index (κ2) is 13.8. The number of carbonyl (C=O) groups is 1. The maximum Gasteiger partial charge on any atom is 0.227 e. The Hall–Kier alpha value is -0.730. The molecule has 6 aliphatic rings. The molecular formula is C37H63NO6. The minimum atomic E-state index is -1.48. The average molecular weight is 618 g/mol. The molecule has 1 heterocycles. The van der Waals surface area contributed by atoms with E-state index >= 15 is 4.79 Å². The van der Waals surface area contributed by atoms with Crippen molar-refractivity contribution in [3.8, 4) is 0 Å². The normalized spacial score (nSPS) is 37.6. The highest BCUT2D eigenvalue weighted by Crippen LogP contribution is 2.77. The molecule has 0 aromatic carbocycles. The van der Waals surface area contributed by atoms with Crippen molar-refractivity contribution < 1.29 is 30.0 Å². The summed E-state index contributed by atoms with van der Waals surface area (Å²) in [4.78, 5) is 15.3. The molecule has 0 bridgehead atoms. The number of hydrogen-bond acceptors (Lipinski definition) is 6. The van der Waals surface area contributed by atoms with Crippen LogP contribution in [-0.2, 0) is 9.53 Å². The Morgan fingerprint density at radius 3 is 1.64 bits per heavy atom. The lowest BCUT2D eigenvalue weighted by Crippen LogP contribution is -2.70. The van der Waals surface area contributed by atoms with E-state index in [2.05, 4.69) is 5.32 Å². The maximum atomic E-state index is 15.3. The standard InChI is InChI=1S/C37H63NO6/c39-26-28-30(40)31(41)29(32(42)44-28)38-33(43)35(20-10-3-11-21-35)37(24-14-5-15-25-37)36(22-12-4-13-23-36)34(18-8-2-9-19-34)27-16-6-1-7-17-27/h27-32,39-42H,1-26H2,(H,38,43)/t28?,29-,30-,31?,32+/m0/s1. The first-order chi connectivity index (χ1) is 21.4. The second-order valence-electron chi connectivity index (χ2n) is 16.2. The van der Waals surface area contributed by atoms with Crippen LogP contribution in [0.25, 0.3) is 0 Å². The highest BCUT2D eigenvalue weighted by molar-refractivity contribution is 5.84. The second-order valence-corrected chi connectivity index (χ2v) is 16.2. The fraction of sp³-hybridized carbons (Fsp3) is 0.973. The summed E-state index contributed by atoms with van der Waals surface area (Å²) >= 11 is 0. The molecule has 7 nitrogen and oxygen atoms in total. The van der Waals surface area contributed by atoms with Crippen molar-refractivity contribution in [2.24, 2.45) is 27.6 Å². The van der Waals surface area contributed by atoms with Gasteiger partial charge in [-0.2, -0.15) is 0 Å². The molecule has 44 heavy (non-hydrogen) atoms. The van der Waals surface area contributed by atoms with Gasteiger partial charge in [-0.05, 0) is 86.4 Å². The summed E-state index contributed by atoms with van der Waals surface area (Å²) in [7, 11) is 0. The largest absolute Gasteiger partial charge is 0.394 e. The van der Waals surface area contributed by atoms with E-state index in [9.17, 15) is 20.4 Å². The fourth-order valence-electron chi connectivity index (χ4n) is 12.9. The summed E-state index contributed by atoms with van der Waals surface area (Å²) in [5.41, 5.74) is -0.223. The summed E-state index contributed by atoms with van der Waals surface area (Å²) in [5, 5.41) is 45.6. The molecule has 1 amide bonds. The number of hydrogen-bond donors (Lipinski definition) is 5. The number of amides is 1. The summed E-state index contributed by atoms with van der Waals surface area (Å²) in [6.45, 7) is -0.505. The lowest BCUT2D eigenvalue weighted by molar-refractivity contribution is -0.258. The summed E-state index contributed by atoms with van der Waals surface area (Å²) in [6, 6.07) is -1.12. The van der Waals surface area contributed by atoms with Gasteiger partial charge in [0.1, 0.15) is 24.4 Å². The Labute approximate surface area is 266 Å². The third kappa shape index (κ3) is 5.31. The molecule has 5 aliphatic carbocycles. The first-order valence-electron chi connectivity index (χ1n) is 19.0. The van der Waals surface area contributed by atoms with E-state index < -0.39 is 42.7 Å². The van der Waals surface area contributed by atoms with Gasteiger partial charge in [0.25, 0.3) is 0 Å². The Kier molecular flexibility index (Phi) is 10.4. The van der Waals surface area contributed by atoms with Gasteiger partial charge in [0.15, 0.2) is 6.29 Å². The SMILES string of the molecule is O=C(N[C@H]1C(O)[C@@H](O)C(CO)O[C@H]1O)C1(C2(C3(C4(C5CCCCC5)CCCCC4)CCCCC3)CCCCC2)CCCCC1. The predicted molar refractivity (Wildman–Crippen MR) is 171 cm³/mol. The number of aliphatic hydroxyl groups is 4. The molecule has 1 aliphatic heterocycles. The fourth-order valence-corrected chi connectivity index (χ4v) is 12.9. The van der Waals surface area contributed by atoms with Crippen LogP contribution >= 0.6 is 0 Å². The van der Waals surface area contributed by atoms with Crippen LogP contribution in [0.15, 0.2) is 0 Å². The van der Waals surface area contributed by atoms with E-state index in [0.717, 1.165) is 50.9 Å². The molecule has 252 valence electrons. The highest BCUT2D eigenvalue weighted by Gasteiger charge is 2.71. The molecule has 0 aromatic rings. The molecule has 2 unspecified atom stereocenters. The Bertz CT molecular complexity index is 940. The Balaban J connectivity index is 1.47. The molecule has 6 rings (SSSR count). The topological polar surface area (TPSA) is 119 Å². The van der Waals surface area contributed by atoms with Gasteiger partial charge in [0, 0.05) is 0 Å². The molecule has 6 fully saturated rings. The molecule has 5 saturated carbocycles. The zero-order valence-electron chi connectivity index (χ0n) is 27.5. The first-order valence-corrected chi connectivity index (χ1v) is 19.0. The van der Waals surface area contributed by atoms with Gasteiger partial charge in [-0.25, -0.2) is 0 Å². The number of aliphatic hydroxyl groups excluding tert-OH is 4. The molecule has 5 atom stereocenters. The van der Waals surface area contributed by atoms with Gasteiger partial charge in [0.05, 0.1) is 12.0 Å². The summed E-state index contributed by atoms with van der Waals surface area (Å²) in [6.07, 6.45) is 25.4. The smallest absolute Gasteiger partial charge is 0.227 e. The van der Waals surface area contributed by atoms with Gasteiger partial charge in [-0.1, -0.05) is 96.3 Å². The van der Waals surface area contributed by atoms with Crippen molar-refractivity contribution in [3.05, 3.63) is 0 Å². The zero-order chi connectivity index (χ0) is 30.8. The van der Waals surface area contributed by atoms with Crippen molar-refractivity contribution in [2.75, 3.05) is 6.61 Å². The summed E-state index contributed by atoms with van der Waals surface area (Å²) in [5.74, 6) is 0.748. The average Bonchev–Trinajstić information content (AvgIpc) is 3.09. The van der Waals surface area contributed by atoms with Crippen LogP contribution in [0.2, 0.25) is 0 Å². The number of nitrogens with one attached hydrogen (secondary N) is 1. The van der Waals surface area contributed by atoms with Gasteiger partial charge in [-0.15, -0.1) is 0 Å². The molecule has 0 spiro atoms. The maximum absolute atomic E-state index is 15.3. The Morgan fingerprint density at radius 2 is 1.09 bits per heavy atom. The third-order valence-electron chi connectivity index (χ3n) is 14.7. The summed E-state index contributed by atoms with van der Waals surface area (Å²) < 4.78 is 5.53. The van der Waals surface area contributed by atoms with Gasteiger partial charge in [0.2, 0.25) is 5.91 Å². The monoisotopic (exact) mass is 617 g/mol. The minimum Gasteiger partial charge on any atom is -0.394 e. The van der Waals surface area contributed by atoms with Crippen molar-refractivity contribution >= 4 is 5.91 Å². The van der Waals surface area contributed by atoms with E-state index in [1.165, 1.54) is 116 Å². The van der Waals surface area contributed by atoms with E-state index in [0.29, 0.717) is 5.41 Å². The van der Waals surface area contributed by atoms with Crippen LogP contribution in [0.5, 0.6) is 0 Å². The molecule has 0 aromatic heterocycles. The van der Waals surface area contributed by atoms with Crippen molar-refractivity contribution in [3.63, 3.8) is 0 Å². The van der Waals surface area contributed by atoms with Crippen LogP contribution in [0.4, 0.5) is 0 Å². The lowest BCUT2D eigenvalue weighted by atomic mass is 9.32. The van der Waals surface area contributed by atoms with Crippen LogP contribution in [-0.4, -0.2) is 63.6 Å². The van der Waals surface area contributed by atoms with Crippen LogP contribution in [0.3, 0.4) is 0 Å². The first kappa shape index (κ1) is 33.2. The van der Waals surface area contributed by atoms with E-state index in [1.807, 2.05) is 0 Å². The molecule has 1 saturated heterocycles. The Morgan fingerprint density at radius 1 is 0.614 bits per heavy atom.